The van der Waals surface area contributed by atoms with Gasteiger partial charge in [0.05, 0.1) is 30.9 Å². The Morgan fingerprint density at radius 1 is 1.17 bits per heavy atom. The van der Waals surface area contributed by atoms with Gasteiger partial charge >= 0.3 is 18.4 Å². The van der Waals surface area contributed by atoms with Gasteiger partial charge in [-0.25, -0.2) is 4.79 Å². The van der Waals surface area contributed by atoms with Crippen LogP contribution in [0.5, 0.6) is 5.75 Å². The van der Waals surface area contributed by atoms with Crippen LogP contribution in [0.1, 0.15) is 29.2 Å². The van der Waals surface area contributed by atoms with E-state index in [9.17, 15) is 31.1 Å². The van der Waals surface area contributed by atoms with Crippen LogP contribution in [-0.4, -0.2) is 19.8 Å². The zero-order chi connectivity index (χ0) is 17.4. The molecule has 1 atom stereocenters. The average molecular weight is 380 g/mol. The normalized spacial score (nSPS) is 18.3. The molecule has 1 fully saturated rings. The van der Waals surface area contributed by atoms with Crippen LogP contribution in [-0.2, 0) is 17.1 Å². The molecular weight excluding hydrogens is 368 g/mol. The number of alkyl halides is 6. The molecule has 0 aromatic heterocycles. The topological polar surface area (TPSA) is 47.6 Å². The Morgan fingerprint density at radius 2 is 1.79 bits per heavy atom. The molecule has 1 aliphatic heterocycles. The molecule has 1 saturated heterocycles. The maximum atomic E-state index is 13.2. The van der Waals surface area contributed by atoms with Crippen molar-refractivity contribution in [2.75, 3.05) is 13.7 Å². The van der Waals surface area contributed by atoms with E-state index in [4.69, 9.17) is 4.74 Å². The average Bonchev–Trinajstić information content (AvgIpc) is 2.43. The molecule has 2 rings (SSSR count). The molecule has 1 amide bonds. The molecule has 1 heterocycles. The fraction of sp³-hybridized carbons (Fsp3) is 0.462. The number of methoxy groups -OCH3 is 1. The Morgan fingerprint density at radius 3 is 2.25 bits per heavy atom. The first kappa shape index (κ1) is 20.2. The van der Waals surface area contributed by atoms with Crippen LogP contribution in [0.25, 0.3) is 0 Å². The summed E-state index contributed by atoms with van der Waals surface area (Å²) in [6, 6.07) is -0.670. The second-order valence-corrected chi connectivity index (χ2v) is 4.76. The third-order valence-electron chi connectivity index (χ3n) is 3.27. The highest BCUT2D eigenvalue weighted by Gasteiger charge is 2.42. The first-order valence-corrected chi connectivity index (χ1v) is 6.33. The number of ether oxygens (including phenoxy) is 2. The molecule has 11 heteroatoms. The fourth-order valence-corrected chi connectivity index (χ4v) is 2.30. The van der Waals surface area contributed by atoms with E-state index in [-0.39, 0.29) is 31.5 Å². The molecule has 0 spiro atoms. The minimum Gasteiger partial charge on any atom is -0.496 e. The van der Waals surface area contributed by atoms with E-state index in [2.05, 4.69) is 10.1 Å². The number of halogens is 7. The van der Waals surface area contributed by atoms with Crippen LogP contribution in [0, 0.1) is 0 Å². The molecule has 136 valence electrons. The number of carbonyl (C=O) groups is 1. The molecule has 1 aromatic carbocycles. The van der Waals surface area contributed by atoms with Crippen molar-refractivity contribution in [1.82, 2.24) is 5.32 Å². The highest BCUT2D eigenvalue weighted by Crippen LogP contribution is 2.44. The number of nitrogens with one attached hydrogen (secondary N) is 1. The monoisotopic (exact) mass is 379 g/mol. The van der Waals surface area contributed by atoms with Crippen molar-refractivity contribution in [3.05, 3.63) is 28.8 Å². The van der Waals surface area contributed by atoms with Gasteiger partial charge in [-0.05, 0) is 12.1 Å². The molecule has 0 bridgehead atoms. The number of hydrogen-bond donors (Lipinski definition) is 1. The van der Waals surface area contributed by atoms with E-state index in [1.807, 2.05) is 0 Å². The van der Waals surface area contributed by atoms with E-state index in [1.54, 1.807) is 0 Å². The lowest BCUT2D eigenvalue weighted by Gasteiger charge is -2.28. The molecule has 0 aliphatic carbocycles. The van der Waals surface area contributed by atoms with Crippen molar-refractivity contribution in [1.29, 1.82) is 0 Å². The van der Waals surface area contributed by atoms with Gasteiger partial charge < -0.3 is 14.8 Å². The van der Waals surface area contributed by atoms with E-state index in [1.165, 1.54) is 0 Å². The second-order valence-electron chi connectivity index (χ2n) is 4.76. The zero-order valence-electron chi connectivity index (χ0n) is 12.0. The minimum atomic E-state index is -5.05. The largest absolute Gasteiger partial charge is 0.496 e. The van der Waals surface area contributed by atoms with Gasteiger partial charge in [0.2, 0.25) is 0 Å². The Labute approximate surface area is 138 Å². The van der Waals surface area contributed by atoms with E-state index >= 15 is 0 Å². The van der Waals surface area contributed by atoms with E-state index in [0.29, 0.717) is 6.07 Å². The lowest BCUT2D eigenvalue weighted by Crippen LogP contribution is -2.36. The lowest BCUT2D eigenvalue weighted by atomic mass is 9.93. The number of carbonyl (C=O) groups excluding carboxylic acids is 1. The van der Waals surface area contributed by atoms with Crippen molar-refractivity contribution in [2.45, 2.75) is 24.8 Å². The number of cyclic esters (lactones) is 1. The van der Waals surface area contributed by atoms with Gasteiger partial charge in [-0.15, -0.1) is 12.4 Å². The number of benzene rings is 1. The highest BCUT2D eigenvalue weighted by atomic mass is 35.5. The molecule has 0 saturated carbocycles. The van der Waals surface area contributed by atoms with Gasteiger partial charge in [0.25, 0.3) is 0 Å². The van der Waals surface area contributed by atoms with E-state index in [0.717, 1.165) is 7.11 Å². The summed E-state index contributed by atoms with van der Waals surface area (Å²) < 4.78 is 87.3. The molecule has 1 aliphatic rings. The van der Waals surface area contributed by atoms with E-state index < -0.39 is 46.9 Å². The second kappa shape index (κ2) is 6.96. The van der Waals surface area contributed by atoms with Crippen LogP contribution < -0.4 is 10.1 Å². The Bertz CT molecular complexity index is 617. The summed E-state index contributed by atoms with van der Waals surface area (Å²) in [4.78, 5) is 11.2. The van der Waals surface area contributed by atoms with Crippen LogP contribution >= 0.6 is 12.4 Å². The highest BCUT2D eigenvalue weighted by molar-refractivity contribution is 5.85. The zero-order valence-corrected chi connectivity index (χ0v) is 12.9. The molecular formula is C13H12ClF6NO3. The number of hydrogen-bond acceptors (Lipinski definition) is 3. The van der Waals surface area contributed by atoms with Crippen LogP contribution in [0.2, 0.25) is 0 Å². The quantitative estimate of drug-likeness (QED) is 0.778. The van der Waals surface area contributed by atoms with Gasteiger partial charge in [0.15, 0.2) is 0 Å². The summed E-state index contributed by atoms with van der Waals surface area (Å²) in [6.07, 6.45) is -11.0. The first-order chi connectivity index (χ1) is 10.5. The fourth-order valence-electron chi connectivity index (χ4n) is 2.30. The van der Waals surface area contributed by atoms with Crippen molar-refractivity contribution < 1.29 is 40.6 Å². The van der Waals surface area contributed by atoms with Crippen molar-refractivity contribution in [3.8, 4) is 5.75 Å². The Kier molecular flexibility index (Phi) is 5.86. The van der Waals surface area contributed by atoms with Gasteiger partial charge in [-0.1, -0.05) is 0 Å². The maximum absolute atomic E-state index is 13.2. The number of rotatable bonds is 2. The van der Waals surface area contributed by atoms with Crippen molar-refractivity contribution in [2.24, 2.45) is 0 Å². The number of amides is 1. The summed E-state index contributed by atoms with van der Waals surface area (Å²) in [6.45, 7) is -0.155. The molecule has 24 heavy (non-hydrogen) atoms. The Balaban J connectivity index is 0.00000288. The lowest BCUT2D eigenvalue weighted by molar-refractivity contribution is -0.143. The molecule has 1 N–H and O–H groups in total. The molecule has 0 unspecified atom stereocenters. The molecule has 4 nitrogen and oxygen atoms in total. The first-order valence-electron chi connectivity index (χ1n) is 6.33. The maximum Gasteiger partial charge on any atom is 0.416 e. The minimum absolute atomic E-state index is 0. The SMILES string of the molecule is COc1cc(C(F)(F)F)cc(C(F)(F)F)c1[C@H]1CCOC(=O)N1.Cl. The third-order valence-corrected chi connectivity index (χ3v) is 3.27. The third kappa shape index (κ3) is 4.16. The summed E-state index contributed by atoms with van der Waals surface area (Å²) in [7, 11) is 0.959. The standard InChI is InChI=1S/C13H11F6NO3.ClH/c1-22-9-5-6(12(14,15)16)4-7(13(17,18)19)10(9)8-2-3-23-11(21)20-8;/h4-5,8H,2-3H2,1H3,(H,20,21);1H/t8-;/m1./s1. The predicted molar refractivity (Wildman–Crippen MR) is 72.1 cm³/mol. The van der Waals surface area contributed by atoms with Crippen molar-refractivity contribution in [3.63, 3.8) is 0 Å². The summed E-state index contributed by atoms with van der Waals surface area (Å²) in [5.41, 5.74) is -3.54. The molecule has 1 aromatic rings. The molecule has 0 radical (unpaired) electrons. The summed E-state index contributed by atoms with van der Waals surface area (Å²) in [5, 5.41) is 2.16. The Hall–Kier alpha value is -1.84. The van der Waals surface area contributed by atoms with Crippen LogP contribution in [0.15, 0.2) is 12.1 Å². The summed E-state index contributed by atoms with van der Waals surface area (Å²) >= 11 is 0. The smallest absolute Gasteiger partial charge is 0.416 e. The van der Waals surface area contributed by atoms with Crippen LogP contribution in [0.3, 0.4) is 0 Å². The van der Waals surface area contributed by atoms with Crippen LogP contribution in [0.4, 0.5) is 31.1 Å². The predicted octanol–water partition coefficient (Wildman–Crippen LogP) is 4.33. The van der Waals surface area contributed by atoms with Gasteiger partial charge in [-0.3, -0.25) is 0 Å². The van der Waals surface area contributed by atoms with Crippen molar-refractivity contribution >= 4 is 18.5 Å². The number of alkyl carbamates (subject to hydrolysis) is 1. The van der Waals surface area contributed by atoms with Gasteiger partial charge in [0.1, 0.15) is 5.75 Å². The summed E-state index contributed by atoms with van der Waals surface area (Å²) in [5.74, 6) is -0.598. The van der Waals surface area contributed by atoms with Gasteiger partial charge in [0, 0.05) is 12.0 Å². The van der Waals surface area contributed by atoms with Gasteiger partial charge in [-0.2, -0.15) is 26.3 Å².